The molecule has 26 heavy (non-hydrogen) atoms. The van der Waals surface area contributed by atoms with Crippen molar-refractivity contribution in [1.82, 2.24) is 4.98 Å². The summed E-state index contributed by atoms with van der Waals surface area (Å²) in [5, 5.41) is 3.86. The van der Waals surface area contributed by atoms with E-state index >= 15 is 0 Å². The molecule has 3 rings (SSSR count). The van der Waals surface area contributed by atoms with Gasteiger partial charge in [-0.1, -0.05) is 30.1 Å². The van der Waals surface area contributed by atoms with Gasteiger partial charge in [-0.15, -0.1) is 0 Å². The Morgan fingerprint density at radius 2 is 2.08 bits per heavy atom. The molecule has 2 aromatic rings. The van der Waals surface area contributed by atoms with E-state index < -0.39 is 0 Å². The summed E-state index contributed by atoms with van der Waals surface area (Å²) in [6.45, 7) is 2.12. The van der Waals surface area contributed by atoms with E-state index in [4.69, 9.17) is 23.2 Å². The quantitative estimate of drug-likeness (QED) is 0.568. The molecule has 1 fully saturated rings. The van der Waals surface area contributed by atoms with Crippen LogP contribution in [-0.2, 0) is 0 Å². The number of hydrogen-bond donors (Lipinski definition) is 1. The van der Waals surface area contributed by atoms with Gasteiger partial charge in [-0.25, -0.2) is 4.98 Å². The van der Waals surface area contributed by atoms with Crippen molar-refractivity contribution in [3.8, 4) is 0 Å². The summed E-state index contributed by atoms with van der Waals surface area (Å²) < 4.78 is 1.95. The summed E-state index contributed by atoms with van der Waals surface area (Å²) in [4.78, 5) is 17.1. The third-order valence-corrected chi connectivity index (χ3v) is 5.81. The highest BCUT2D eigenvalue weighted by Gasteiger charge is 2.24. The first-order valence-electron chi connectivity index (χ1n) is 8.62. The molecule has 0 atom stereocenters. The molecule has 7 heteroatoms. The number of amides is 1. The maximum atomic E-state index is 12.7. The van der Waals surface area contributed by atoms with E-state index in [1.165, 1.54) is 24.6 Å². The fraction of sp³-hybridized carbons (Fsp3) is 0.368. The van der Waals surface area contributed by atoms with Crippen LogP contribution in [0.25, 0.3) is 0 Å². The Balaban J connectivity index is 1.79. The van der Waals surface area contributed by atoms with Crippen molar-refractivity contribution in [2.45, 2.75) is 32.1 Å². The van der Waals surface area contributed by atoms with E-state index in [2.05, 4.69) is 17.2 Å². The van der Waals surface area contributed by atoms with Crippen molar-refractivity contribution in [1.29, 1.82) is 0 Å². The zero-order chi connectivity index (χ0) is 18.7. The van der Waals surface area contributed by atoms with Crippen LogP contribution in [0.3, 0.4) is 0 Å². The standard InChI is InChI=1S/C19H21Cl2N3OS/c1-3-6-26-24(2)18-10-16(17(21)11-22-18)19(25)23-15-8-13(12-4-5-12)7-14(20)9-15/h7-12H,3-6H2,1-2H3,(H,23,25). The van der Waals surface area contributed by atoms with Crippen LogP contribution in [0.5, 0.6) is 0 Å². The molecule has 0 bridgehead atoms. The van der Waals surface area contributed by atoms with Gasteiger partial charge in [0.15, 0.2) is 0 Å². The summed E-state index contributed by atoms with van der Waals surface area (Å²) >= 11 is 14.1. The van der Waals surface area contributed by atoms with Crippen LogP contribution in [0.4, 0.5) is 11.5 Å². The maximum absolute atomic E-state index is 12.7. The van der Waals surface area contributed by atoms with Gasteiger partial charge in [0.2, 0.25) is 0 Å². The Hall–Kier alpha value is -1.43. The van der Waals surface area contributed by atoms with E-state index in [1.54, 1.807) is 24.1 Å². The number of anilines is 2. The molecule has 1 aliphatic carbocycles. The molecule has 0 aliphatic heterocycles. The summed E-state index contributed by atoms with van der Waals surface area (Å²) in [7, 11) is 1.93. The van der Waals surface area contributed by atoms with Gasteiger partial charge < -0.3 is 9.62 Å². The van der Waals surface area contributed by atoms with Gasteiger partial charge >= 0.3 is 0 Å². The minimum absolute atomic E-state index is 0.267. The fourth-order valence-electron chi connectivity index (χ4n) is 2.60. The monoisotopic (exact) mass is 409 g/mol. The van der Waals surface area contributed by atoms with Gasteiger partial charge in [0.25, 0.3) is 5.91 Å². The molecule has 4 nitrogen and oxygen atoms in total. The second-order valence-corrected chi connectivity index (χ2v) is 8.41. The van der Waals surface area contributed by atoms with Crippen LogP contribution in [0.1, 0.15) is 48.0 Å². The summed E-state index contributed by atoms with van der Waals surface area (Å²) in [5.74, 6) is 1.97. The summed E-state index contributed by atoms with van der Waals surface area (Å²) in [5.41, 5.74) is 2.26. The molecule has 0 radical (unpaired) electrons. The highest BCUT2D eigenvalue weighted by molar-refractivity contribution is 8.00. The van der Waals surface area contributed by atoms with Crippen LogP contribution in [0.15, 0.2) is 30.5 Å². The predicted molar refractivity (Wildman–Crippen MR) is 112 cm³/mol. The highest BCUT2D eigenvalue weighted by atomic mass is 35.5. The van der Waals surface area contributed by atoms with Gasteiger partial charge in [-0.3, -0.25) is 4.79 Å². The van der Waals surface area contributed by atoms with Crippen molar-refractivity contribution < 1.29 is 4.79 Å². The Labute approximate surface area is 168 Å². The molecule has 138 valence electrons. The Kier molecular flexibility index (Phi) is 6.33. The molecular formula is C19H21Cl2N3OS. The van der Waals surface area contributed by atoms with E-state index in [0.29, 0.717) is 33.0 Å². The van der Waals surface area contributed by atoms with Crippen LogP contribution in [-0.4, -0.2) is 23.7 Å². The molecule has 1 aromatic heterocycles. The number of hydrogen-bond acceptors (Lipinski definition) is 4. The average molecular weight is 410 g/mol. The topological polar surface area (TPSA) is 45.2 Å². The van der Waals surface area contributed by atoms with Gasteiger partial charge in [0.1, 0.15) is 5.82 Å². The molecule has 1 N–H and O–H groups in total. The second kappa shape index (κ2) is 8.51. The number of rotatable bonds is 7. The summed E-state index contributed by atoms with van der Waals surface area (Å²) in [6, 6.07) is 7.42. The smallest absolute Gasteiger partial charge is 0.257 e. The number of nitrogens with one attached hydrogen (secondary N) is 1. The third kappa shape index (κ3) is 4.84. The van der Waals surface area contributed by atoms with E-state index in [0.717, 1.165) is 12.2 Å². The molecule has 0 spiro atoms. The Morgan fingerprint density at radius 1 is 1.31 bits per heavy atom. The van der Waals surface area contributed by atoms with Gasteiger partial charge in [-0.05, 0) is 67.0 Å². The van der Waals surface area contributed by atoms with Gasteiger partial charge in [0.05, 0.1) is 10.6 Å². The number of carbonyl (C=O) groups is 1. The van der Waals surface area contributed by atoms with Crippen LogP contribution in [0.2, 0.25) is 10.0 Å². The average Bonchev–Trinajstić information content (AvgIpc) is 3.44. The van der Waals surface area contributed by atoms with Gasteiger partial charge in [-0.2, -0.15) is 0 Å². The molecule has 1 amide bonds. The van der Waals surface area contributed by atoms with Crippen LogP contribution in [0, 0.1) is 0 Å². The minimum Gasteiger partial charge on any atom is -0.322 e. The fourth-order valence-corrected chi connectivity index (χ4v) is 3.72. The first-order valence-corrected chi connectivity index (χ1v) is 10.3. The van der Waals surface area contributed by atoms with Gasteiger partial charge in [0, 0.05) is 29.7 Å². The first kappa shape index (κ1) is 19.3. The third-order valence-electron chi connectivity index (χ3n) is 4.12. The van der Waals surface area contributed by atoms with Crippen molar-refractivity contribution in [3.05, 3.63) is 51.6 Å². The number of aromatic nitrogens is 1. The largest absolute Gasteiger partial charge is 0.322 e. The van der Waals surface area contributed by atoms with Crippen molar-refractivity contribution in [2.75, 3.05) is 22.4 Å². The lowest BCUT2D eigenvalue weighted by Gasteiger charge is -2.17. The normalized spacial score (nSPS) is 13.5. The van der Waals surface area contributed by atoms with Crippen LogP contribution >= 0.6 is 35.1 Å². The van der Waals surface area contributed by atoms with Crippen molar-refractivity contribution >= 4 is 52.6 Å². The lowest BCUT2D eigenvalue weighted by atomic mass is 10.1. The minimum atomic E-state index is -0.267. The number of nitrogens with zero attached hydrogens (tertiary/aromatic N) is 2. The SMILES string of the molecule is CCCSN(C)c1cc(C(=O)Nc2cc(Cl)cc(C3CC3)c2)c(Cl)cn1. The van der Waals surface area contributed by atoms with E-state index in [1.807, 2.05) is 23.5 Å². The zero-order valence-corrected chi connectivity index (χ0v) is 17.1. The Bertz CT molecular complexity index is 811. The lowest BCUT2D eigenvalue weighted by Crippen LogP contribution is -2.15. The first-order chi connectivity index (χ1) is 12.5. The van der Waals surface area contributed by atoms with E-state index in [9.17, 15) is 4.79 Å². The van der Waals surface area contributed by atoms with Crippen molar-refractivity contribution in [3.63, 3.8) is 0 Å². The maximum Gasteiger partial charge on any atom is 0.257 e. The Morgan fingerprint density at radius 3 is 2.77 bits per heavy atom. The summed E-state index contributed by atoms with van der Waals surface area (Å²) in [6.07, 6.45) is 4.93. The van der Waals surface area contributed by atoms with Crippen LogP contribution < -0.4 is 9.62 Å². The highest BCUT2D eigenvalue weighted by Crippen LogP contribution is 2.42. The number of pyridine rings is 1. The number of halogens is 2. The molecule has 1 aromatic carbocycles. The lowest BCUT2D eigenvalue weighted by molar-refractivity contribution is 0.102. The second-order valence-electron chi connectivity index (χ2n) is 6.35. The molecule has 0 unspecified atom stereocenters. The molecule has 1 saturated carbocycles. The van der Waals surface area contributed by atoms with Crippen molar-refractivity contribution in [2.24, 2.45) is 0 Å². The number of benzene rings is 1. The molecule has 0 saturated heterocycles. The predicted octanol–water partition coefficient (Wildman–Crippen LogP) is 6.01. The molecule has 1 heterocycles. The number of carbonyl (C=O) groups excluding carboxylic acids is 1. The molecular weight excluding hydrogens is 389 g/mol. The molecule has 1 aliphatic rings. The van der Waals surface area contributed by atoms with E-state index in [-0.39, 0.29) is 5.91 Å². The zero-order valence-electron chi connectivity index (χ0n) is 14.8.